The minimum Gasteiger partial charge on any atom is -0.493 e. The van der Waals surface area contributed by atoms with Crippen molar-refractivity contribution in [2.45, 2.75) is 6.18 Å². The molecule has 0 unspecified atom stereocenters. The molecule has 0 radical (unpaired) electrons. The zero-order valence-electron chi connectivity index (χ0n) is 12.1. The number of carbonyl (C=O) groups excluding carboxylic acids is 1. The van der Waals surface area contributed by atoms with Crippen LogP contribution < -0.4 is 4.74 Å². The number of benzene rings is 1. The van der Waals surface area contributed by atoms with Crippen LogP contribution in [-0.2, 0) is 10.9 Å². The van der Waals surface area contributed by atoms with Gasteiger partial charge in [0.15, 0.2) is 11.6 Å². The zero-order chi connectivity index (χ0) is 17.2. The van der Waals surface area contributed by atoms with E-state index in [1.165, 1.54) is 18.2 Å². The summed E-state index contributed by atoms with van der Waals surface area (Å²) in [5, 5.41) is 0. The maximum Gasteiger partial charge on any atom is 0.420 e. The molecular formula is C15H11F4NO3. The molecule has 1 aromatic carbocycles. The second-order valence-corrected chi connectivity index (χ2v) is 4.41. The molecule has 4 nitrogen and oxygen atoms in total. The van der Waals surface area contributed by atoms with Gasteiger partial charge in [0.25, 0.3) is 0 Å². The van der Waals surface area contributed by atoms with Gasteiger partial charge in [0.2, 0.25) is 0 Å². The minimum atomic E-state index is -4.76. The Kier molecular flexibility index (Phi) is 4.53. The number of hydrogen-bond acceptors (Lipinski definition) is 4. The first-order valence-corrected chi connectivity index (χ1v) is 6.29. The van der Waals surface area contributed by atoms with Gasteiger partial charge >= 0.3 is 12.1 Å². The number of methoxy groups -OCH3 is 2. The van der Waals surface area contributed by atoms with Crippen molar-refractivity contribution >= 4 is 5.97 Å². The van der Waals surface area contributed by atoms with Crippen LogP contribution in [0, 0.1) is 5.82 Å². The molecule has 0 spiro atoms. The molecule has 2 aromatic rings. The third kappa shape index (κ3) is 3.25. The largest absolute Gasteiger partial charge is 0.493 e. The van der Waals surface area contributed by atoms with Gasteiger partial charge in [-0.05, 0) is 24.3 Å². The van der Waals surface area contributed by atoms with Crippen LogP contribution in [-0.4, -0.2) is 25.2 Å². The molecule has 0 fully saturated rings. The van der Waals surface area contributed by atoms with E-state index in [2.05, 4.69) is 14.5 Å². The molecule has 0 aliphatic heterocycles. The Labute approximate surface area is 128 Å². The summed E-state index contributed by atoms with van der Waals surface area (Å²) in [6, 6.07) is 5.75. The van der Waals surface area contributed by atoms with Gasteiger partial charge in [-0.15, -0.1) is 0 Å². The van der Waals surface area contributed by atoms with Gasteiger partial charge in [0.1, 0.15) is 11.3 Å². The Bertz CT molecular complexity index is 744. The quantitative estimate of drug-likeness (QED) is 0.636. The second kappa shape index (κ2) is 6.23. The number of nitrogens with zero attached hydrogens (tertiary/aromatic N) is 1. The summed E-state index contributed by atoms with van der Waals surface area (Å²) in [4.78, 5) is 15.3. The van der Waals surface area contributed by atoms with E-state index in [9.17, 15) is 22.4 Å². The maximum absolute atomic E-state index is 14.4. The lowest BCUT2D eigenvalue weighted by atomic mass is 10.1. The predicted molar refractivity (Wildman–Crippen MR) is 72.5 cm³/mol. The van der Waals surface area contributed by atoms with Gasteiger partial charge in [0.05, 0.1) is 19.9 Å². The number of hydrogen-bond donors (Lipinski definition) is 0. The van der Waals surface area contributed by atoms with Gasteiger partial charge in [-0.2, -0.15) is 13.2 Å². The van der Waals surface area contributed by atoms with Crippen molar-refractivity contribution in [2.24, 2.45) is 0 Å². The molecule has 23 heavy (non-hydrogen) atoms. The van der Waals surface area contributed by atoms with E-state index in [0.29, 0.717) is 6.07 Å². The number of carbonyl (C=O) groups is 1. The smallest absolute Gasteiger partial charge is 0.420 e. The summed E-state index contributed by atoms with van der Waals surface area (Å²) in [6.07, 6.45) is -4.76. The molecule has 8 heteroatoms. The Morgan fingerprint density at radius 3 is 2.39 bits per heavy atom. The third-order valence-corrected chi connectivity index (χ3v) is 3.03. The molecule has 1 heterocycles. The van der Waals surface area contributed by atoms with Crippen LogP contribution in [0.25, 0.3) is 11.3 Å². The molecule has 0 aliphatic rings. The Hall–Kier alpha value is -2.64. The Balaban J connectivity index is 2.60. The number of alkyl halides is 3. The molecule has 0 bridgehead atoms. The fourth-order valence-electron chi connectivity index (χ4n) is 1.98. The number of esters is 1. The van der Waals surface area contributed by atoms with Gasteiger partial charge in [-0.3, -0.25) is 0 Å². The summed E-state index contributed by atoms with van der Waals surface area (Å²) >= 11 is 0. The van der Waals surface area contributed by atoms with Crippen LogP contribution in [0.2, 0.25) is 0 Å². The molecule has 2 rings (SSSR count). The SMILES string of the molecule is COC(=O)c1cccc(-c2ccc(C(F)(F)F)c(OC)c2F)n1. The first-order chi connectivity index (χ1) is 10.8. The van der Waals surface area contributed by atoms with Crippen molar-refractivity contribution in [1.29, 1.82) is 0 Å². The standard InChI is InChI=1S/C15H11F4NO3/c1-22-13-9(15(17,18)19)7-6-8(12(13)16)10-4-3-5-11(20-10)14(21)23-2/h3-7H,1-2H3. The van der Waals surface area contributed by atoms with Crippen LogP contribution in [0.4, 0.5) is 17.6 Å². The van der Waals surface area contributed by atoms with E-state index in [4.69, 9.17) is 0 Å². The maximum atomic E-state index is 14.4. The van der Waals surface area contributed by atoms with Crippen molar-refractivity contribution in [3.63, 3.8) is 0 Å². The van der Waals surface area contributed by atoms with Gasteiger partial charge in [-0.25, -0.2) is 14.2 Å². The van der Waals surface area contributed by atoms with Gasteiger partial charge in [-0.1, -0.05) is 6.07 Å². The molecule has 0 amide bonds. The van der Waals surface area contributed by atoms with Crippen molar-refractivity contribution in [1.82, 2.24) is 4.98 Å². The number of pyridine rings is 1. The monoisotopic (exact) mass is 329 g/mol. The summed E-state index contributed by atoms with van der Waals surface area (Å²) < 4.78 is 62.0. The summed E-state index contributed by atoms with van der Waals surface area (Å²) in [7, 11) is 2.09. The van der Waals surface area contributed by atoms with Crippen LogP contribution in [0.5, 0.6) is 5.75 Å². The molecule has 0 aliphatic carbocycles. The van der Waals surface area contributed by atoms with E-state index in [1.807, 2.05) is 0 Å². The van der Waals surface area contributed by atoms with E-state index in [1.54, 1.807) is 0 Å². The van der Waals surface area contributed by atoms with Crippen LogP contribution in [0.3, 0.4) is 0 Å². The predicted octanol–water partition coefficient (Wildman–Crippen LogP) is 3.70. The van der Waals surface area contributed by atoms with E-state index < -0.39 is 29.3 Å². The second-order valence-electron chi connectivity index (χ2n) is 4.41. The highest BCUT2D eigenvalue weighted by atomic mass is 19.4. The minimum absolute atomic E-state index is 0.0163. The molecule has 0 saturated heterocycles. The molecule has 0 N–H and O–H groups in total. The van der Waals surface area contributed by atoms with Crippen molar-refractivity contribution in [3.8, 4) is 17.0 Å². The van der Waals surface area contributed by atoms with Crippen LogP contribution >= 0.6 is 0 Å². The average molecular weight is 329 g/mol. The molecule has 0 saturated carbocycles. The average Bonchev–Trinajstić information content (AvgIpc) is 2.52. The lowest BCUT2D eigenvalue weighted by Crippen LogP contribution is -2.10. The molecule has 1 aromatic heterocycles. The number of ether oxygens (including phenoxy) is 2. The van der Waals surface area contributed by atoms with Crippen LogP contribution in [0.15, 0.2) is 30.3 Å². The summed E-state index contributed by atoms with van der Waals surface area (Å²) in [6.45, 7) is 0. The van der Waals surface area contributed by atoms with Crippen LogP contribution in [0.1, 0.15) is 16.1 Å². The summed E-state index contributed by atoms with van der Waals surface area (Å²) in [5.74, 6) is -2.89. The van der Waals surface area contributed by atoms with Gasteiger partial charge < -0.3 is 9.47 Å². The van der Waals surface area contributed by atoms with Crippen molar-refractivity contribution in [3.05, 3.63) is 47.4 Å². The molecule has 0 atom stereocenters. The highest BCUT2D eigenvalue weighted by molar-refractivity contribution is 5.87. The van der Waals surface area contributed by atoms with E-state index >= 15 is 0 Å². The third-order valence-electron chi connectivity index (χ3n) is 3.03. The molecular weight excluding hydrogens is 318 g/mol. The Morgan fingerprint density at radius 2 is 1.83 bits per heavy atom. The van der Waals surface area contributed by atoms with Gasteiger partial charge in [0, 0.05) is 5.56 Å². The first kappa shape index (κ1) is 16.7. The topological polar surface area (TPSA) is 48.4 Å². The Morgan fingerprint density at radius 1 is 1.13 bits per heavy atom. The normalized spacial score (nSPS) is 11.2. The lowest BCUT2D eigenvalue weighted by Gasteiger charge is -2.14. The van der Waals surface area contributed by atoms with E-state index in [0.717, 1.165) is 20.3 Å². The fourth-order valence-corrected chi connectivity index (χ4v) is 1.98. The van der Waals surface area contributed by atoms with E-state index in [-0.39, 0.29) is 17.0 Å². The number of halogens is 4. The number of rotatable bonds is 3. The number of aromatic nitrogens is 1. The summed E-state index contributed by atoms with van der Waals surface area (Å²) in [5.41, 5.74) is -1.56. The zero-order valence-corrected chi connectivity index (χ0v) is 12.1. The fraction of sp³-hybridized carbons (Fsp3) is 0.200. The molecule has 122 valence electrons. The highest BCUT2D eigenvalue weighted by Crippen LogP contribution is 2.40. The lowest BCUT2D eigenvalue weighted by molar-refractivity contribution is -0.139. The highest BCUT2D eigenvalue weighted by Gasteiger charge is 2.36. The van der Waals surface area contributed by atoms with Crippen molar-refractivity contribution in [2.75, 3.05) is 14.2 Å². The first-order valence-electron chi connectivity index (χ1n) is 6.29. The van der Waals surface area contributed by atoms with Crippen molar-refractivity contribution < 1.29 is 31.8 Å².